The van der Waals surface area contributed by atoms with E-state index in [1.807, 2.05) is 26.0 Å². The van der Waals surface area contributed by atoms with E-state index in [0.29, 0.717) is 28.5 Å². The lowest BCUT2D eigenvalue weighted by molar-refractivity contribution is 0.0917. The number of amides is 1. The van der Waals surface area contributed by atoms with Gasteiger partial charge in [-0.3, -0.25) is 9.69 Å². The van der Waals surface area contributed by atoms with Crippen LogP contribution in [0.4, 0.5) is 13.9 Å². The summed E-state index contributed by atoms with van der Waals surface area (Å²) in [5.74, 6) is -1.60. The van der Waals surface area contributed by atoms with Gasteiger partial charge in [-0.2, -0.15) is 0 Å². The summed E-state index contributed by atoms with van der Waals surface area (Å²) in [5.41, 5.74) is 2.57. The predicted molar refractivity (Wildman–Crippen MR) is 106 cm³/mol. The van der Waals surface area contributed by atoms with Crippen LogP contribution in [0.1, 0.15) is 34.3 Å². The minimum atomic E-state index is -0.728. The van der Waals surface area contributed by atoms with E-state index < -0.39 is 11.6 Å². The molecular weight excluding hydrogens is 382 g/mol. The van der Waals surface area contributed by atoms with Crippen LogP contribution in [0, 0.1) is 25.5 Å². The molecule has 1 aromatic heterocycles. The van der Waals surface area contributed by atoms with Crippen LogP contribution in [0.2, 0.25) is 0 Å². The fourth-order valence-electron chi connectivity index (χ4n) is 3.50. The van der Waals surface area contributed by atoms with Gasteiger partial charge in [-0.1, -0.05) is 29.0 Å². The van der Waals surface area contributed by atoms with Gasteiger partial charge >= 0.3 is 0 Å². The monoisotopic (exact) mass is 402 g/mol. The second-order valence-electron chi connectivity index (χ2n) is 7.10. The van der Waals surface area contributed by atoms with Crippen LogP contribution in [0.15, 0.2) is 30.3 Å². The van der Waals surface area contributed by atoms with Crippen LogP contribution in [-0.2, 0) is 4.74 Å². The first kappa shape index (κ1) is 19.0. The smallest absolute Gasteiger partial charge is 0.260 e. The Morgan fingerprint density at radius 1 is 1.29 bits per heavy atom. The zero-order valence-corrected chi connectivity index (χ0v) is 16.5. The van der Waals surface area contributed by atoms with Gasteiger partial charge in [0.2, 0.25) is 0 Å². The van der Waals surface area contributed by atoms with Crippen LogP contribution in [0.3, 0.4) is 0 Å². The van der Waals surface area contributed by atoms with Gasteiger partial charge in [-0.15, -0.1) is 0 Å². The Morgan fingerprint density at radius 2 is 2.11 bits per heavy atom. The number of anilines is 1. The van der Waals surface area contributed by atoms with Gasteiger partial charge in [0, 0.05) is 18.2 Å². The van der Waals surface area contributed by atoms with Gasteiger partial charge in [0.15, 0.2) is 10.9 Å². The molecule has 4 nitrogen and oxygen atoms in total. The number of ether oxygens (including phenoxy) is 1. The molecule has 2 aromatic carbocycles. The van der Waals surface area contributed by atoms with Crippen molar-refractivity contribution in [1.82, 2.24) is 4.98 Å². The van der Waals surface area contributed by atoms with Crippen LogP contribution in [0.25, 0.3) is 10.2 Å². The van der Waals surface area contributed by atoms with E-state index in [1.54, 1.807) is 6.07 Å². The van der Waals surface area contributed by atoms with Crippen LogP contribution in [0.5, 0.6) is 0 Å². The summed E-state index contributed by atoms with van der Waals surface area (Å²) in [5, 5.41) is 0.347. The van der Waals surface area contributed by atoms with Crippen molar-refractivity contribution < 1.29 is 18.3 Å². The fourth-order valence-corrected chi connectivity index (χ4v) is 4.51. The Kier molecular flexibility index (Phi) is 5.12. The molecule has 0 bridgehead atoms. The largest absolute Gasteiger partial charge is 0.376 e. The van der Waals surface area contributed by atoms with Crippen LogP contribution < -0.4 is 4.90 Å². The maximum absolute atomic E-state index is 14.1. The summed E-state index contributed by atoms with van der Waals surface area (Å²) in [6.07, 6.45) is 1.70. The molecule has 2 heterocycles. The highest BCUT2D eigenvalue weighted by Gasteiger charge is 2.28. The number of nitrogens with zero attached hydrogens (tertiary/aromatic N) is 2. The third-order valence-corrected chi connectivity index (χ3v) is 5.93. The van der Waals surface area contributed by atoms with Crippen molar-refractivity contribution >= 4 is 32.6 Å². The van der Waals surface area contributed by atoms with Crippen molar-refractivity contribution in [1.29, 1.82) is 0 Å². The molecule has 1 amide bonds. The molecule has 1 atom stereocenters. The van der Waals surface area contributed by atoms with Crippen LogP contribution in [-0.4, -0.2) is 30.1 Å². The molecule has 1 aliphatic rings. The number of carbonyl (C=O) groups is 1. The van der Waals surface area contributed by atoms with Gasteiger partial charge in [-0.05, 0) is 44.4 Å². The molecular formula is C21H20F2N2O2S. The quantitative estimate of drug-likeness (QED) is 0.616. The molecule has 0 aliphatic carbocycles. The van der Waals surface area contributed by atoms with Gasteiger partial charge < -0.3 is 4.74 Å². The highest BCUT2D eigenvalue weighted by atomic mass is 32.1. The molecule has 0 N–H and O–H groups in total. The van der Waals surface area contributed by atoms with Gasteiger partial charge in [0.05, 0.1) is 17.3 Å². The lowest BCUT2D eigenvalue weighted by Crippen LogP contribution is -2.37. The molecule has 1 fully saturated rings. The first-order chi connectivity index (χ1) is 13.4. The third kappa shape index (κ3) is 3.64. The fraction of sp³-hybridized carbons (Fsp3) is 0.333. The molecule has 4 rings (SSSR count). The Balaban J connectivity index is 1.76. The highest BCUT2D eigenvalue weighted by Crippen LogP contribution is 2.33. The highest BCUT2D eigenvalue weighted by molar-refractivity contribution is 7.22. The normalized spacial score (nSPS) is 16.6. The number of aryl methyl sites for hydroxylation is 2. The number of halogens is 2. The summed E-state index contributed by atoms with van der Waals surface area (Å²) in [6, 6.07) is 7.68. The minimum Gasteiger partial charge on any atom is -0.376 e. The molecule has 7 heteroatoms. The number of benzene rings is 2. The van der Waals surface area contributed by atoms with Gasteiger partial charge in [-0.25, -0.2) is 13.8 Å². The Labute approximate surface area is 165 Å². The number of carbonyl (C=O) groups excluding carboxylic acids is 1. The zero-order chi connectivity index (χ0) is 19.8. The van der Waals surface area contributed by atoms with Crippen molar-refractivity contribution in [2.75, 3.05) is 18.1 Å². The Bertz CT molecular complexity index is 1040. The van der Waals surface area contributed by atoms with Gasteiger partial charge in [0.1, 0.15) is 11.3 Å². The molecule has 0 saturated carbocycles. The van der Waals surface area contributed by atoms with E-state index >= 15 is 0 Å². The van der Waals surface area contributed by atoms with Crippen molar-refractivity contribution in [3.05, 3.63) is 58.7 Å². The second kappa shape index (κ2) is 7.56. The average Bonchev–Trinajstić information content (AvgIpc) is 3.28. The predicted octanol–water partition coefficient (Wildman–Crippen LogP) is 5.02. The molecule has 146 valence electrons. The molecule has 1 unspecified atom stereocenters. The van der Waals surface area contributed by atoms with Crippen molar-refractivity contribution in [2.24, 2.45) is 0 Å². The first-order valence-corrected chi connectivity index (χ1v) is 10.0. The lowest BCUT2D eigenvalue weighted by Gasteiger charge is -2.24. The number of aromatic nitrogens is 1. The van der Waals surface area contributed by atoms with E-state index in [4.69, 9.17) is 4.74 Å². The van der Waals surface area contributed by atoms with Crippen molar-refractivity contribution in [3.63, 3.8) is 0 Å². The first-order valence-electron chi connectivity index (χ1n) is 9.18. The molecule has 0 spiro atoms. The summed E-state index contributed by atoms with van der Waals surface area (Å²) in [6.45, 7) is 4.85. The van der Waals surface area contributed by atoms with Crippen molar-refractivity contribution in [3.8, 4) is 0 Å². The van der Waals surface area contributed by atoms with E-state index in [-0.39, 0.29) is 17.5 Å². The van der Waals surface area contributed by atoms with Crippen molar-refractivity contribution in [2.45, 2.75) is 32.8 Å². The van der Waals surface area contributed by atoms with Gasteiger partial charge in [0.25, 0.3) is 5.91 Å². The second-order valence-corrected chi connectivity index (χ2v) is 8.11. The Morgan fingerprint density at radius 3 is 2.82 bits per heavy atom. The topological polar surface area (TPSA) is 42.4 Å². The summed E-state index contributed by atoms with van der Waals surface area (Å²) in [4.78, 5) is 19.2. The molecule has 1 aliphatic heterocycles. The third-order valence-electron chi connectivity index (χ3n) is 4.90. The number of hydrogen-bond acceptors (Lipinski definition) is 4. The number of thiazole rings is 1. The minimum absolute atomic E-state index is 0.0761. The molecule has 0 radical (unpaired) electrons. The molecule has 28 heavy (non-hydrogen) atoms. The van der Waals surface area contributed by atoms with E-state index in [0.717, 1.165) is 41.4 Å². The van der Waals surface area contributed by atoms with Crippen LogP contribution >= 0.6 is 11.3 Å². The number of hydrogen-bond donors (Lipinski definition) is 0. The van der Waals surface area contributed by atoms with E-state index in [9.17, 15) is 13.6 Å². The lowest BCUT2D eigenvalue weighted by atomic mass is 10.0. The van der Waals surface area contributed by atoms with E-state index in [2.05, 4.69) is 4.98 Å². The molecule has 3 aromatic rings. The SMILES string of the molecule is Cc1ccc(C(=O)N(CC2CCCO2)c2nc3c(F)cc(F)cc3s2)c(C)c1. The number of rotatable bonds is 4. The maximum atomic E-state index is 14.1. The number of fused-ring (bicyclic) bond motifs is 1. The summed E-state index contributed by atoms with van der Waals surface area (Å²) < 4.78 is 33.8. The maximum Gasteiger partial charge on any atom is 0.260 e. The summed E-state index contributed by atoms with van der Waals surface area (Å²) in [7, 11) is 0. The Hall–Kier alpha value is -2.38. The summed E-state index contributed by atoms with van der Waals surface area (Å²) >= 11 is 1.11. The van der Waals surface area contributed by atoms with E-state index in [1.165, 1.54) is 11.0 Å². The zero-order valence-electron chi connectivity index (χ0n) is 15.7. The standard InChI is InChI=1S/C21H20F2N2O2S/c1-12-5-6-16(13(2)8-12)20(26)25(11-15-4-3-7-27-15)21-24-19-17(23)9-14(22)10-18(19)28-21/h5-6,8-10,15H,3-4,7,11H2,1-2H3. The average molecular weight is 402 g/mol. The molecule has 1 saturated heterocycles.